The van der Waals surface area contributed by atoms with Crippen molar-refractivity contribution in [2.75, 3.05) is 11.9 Å². The lowest BCUT2D eigenvalue weighted by Crippen LogP contribution is -2.81. The van der Waals surface area contributed by atoms with Gasteiger partial charge in [-0.2, -0.15) is 8.78 Å². The van der Waals surface area contributed by atoms with Crippen LogP contribution in [0.3, 0.4) is 0 Å². The number of alkyl halides is 2. The Kier molecular flexibility index (Phi) is 4.74. The number of nitrogens with one attached hydrogen (secondary N) is 2. The highest BCUT2D eigenvalue weighted by atomic mass is 35.5. The molecule has 0 atom stereocenters. The van der Waals surface area contributed by atoms with E-state index in [1.807, 2.05) is 24.3 Å². The smallest absolute Gasteiger partial charge is 0.286 e. The molecule has 0 spiro atoms. The number of aromatic nitrogens is 2. The molecule has 2 aromatic heterocycles. The fourth-order valence-electron chi connectivity index (χ4n) is 4.78. The molecule has 1 amide bonds. The summed E-state index contributed by atoms with van der Waals surface area (Å²) in [5.41, 5.74) is 1.24. The third kappa shape index (κ3) is 3.83. The van der Waals surface area contributed by atoms with E-state index in [2.05, 4.69) is 20.6 Å². The molecule has 0 radical (unpaired) electrons. The Balaban J connectivity index is 1.13. The van der Waals surface area contributed by atoms with Crippen LogP contribution in [0.15, 0.2) is 48.8 Å². The molecule has 3 aliphatic carbocycles. The van der Waals surface area contributed by atoms with Gasteiger partial charge >= 0.3 is 0 Å². The zero-order valence-corrected chi connectivity index (χ0v) is 18.0. The van der Waals surface area contributed by atoms with Crippen LogP contribution in [-0.2, 0) is 10.7 Å². The molecule has 3 aromatic rings. The van der Waals surface area contributed by atoms with Crippen LogP contribution in [0.1, 0.15) is 31.9 Å². The van der Waals surface area contributed by atoms with E-state index < -0.39 is 5.92 Å². The van der Waals surface area contributed by atoms with Crippen LogP contribution in [0.4, 0.5) is 14.5 Å². The van der Waals surface area contributed by atoms with Gasteiger partial charge in [0.25, 0.3) is 11.8 Å². The molecule has 2 heterocycles. The molecule has 0 saturated heterocycles. The van der Waals surface area contributed by atoms with Crippen molar-refractivity contribution in [3.05, 3.63) is 59.5 Å². The van der Waals surface area contributed by atoms with Gasteiger partial charge in [0.2, 0.25) is 0 Å². The predicted octanol–water partition coefficient (Wildman–Crippen LogP) is 4.68. The minimum atomic E-state index is -3.01. The zero-order valence-electron chi connectivity index (χ0n) is 17.3. The molecule has 0 aliphatic heterocycles. The topological polar surface area (TPSA) is 76.1 Å². The van der Waals surface area contributed by atoms with Gasteiger partial charge in [-0.15, -0.1) is 0 Å². The minimum Gasteiger partial charge on any atom is -0.482 e. The van der Waals surface area contributed by atoms with Gasteiger partial charge in [0.05, 0.1) is 11.7 Å². The van der Waals surface area contributed by atoms with Crippen molar-refractivity contribution in [2.45, 2.75) is 43.2 Å². The first-order valence-electron chi connectivity index (χ1n) is 10.3. The Bertz CT molecular complexity index is 1180. The maximum absolute atomic E-state index is 13.2. The van der Waals surface area contributed by atoms with Gasteiger partial charge in [-0.25, -0.2) is 0 Å². The standard InChI is InChI=1S/C23H21ClF2N4O2/c1-21(25,26)19-5-3-15(9-28-19)32-10-20(31)30-23-11-22(12-23,13-23)29-17-6-7-27-18-8-14(24)2-4-16(17)18/h2-9H,10-13H2,1H3,(H,27,29)(H,30,31). The van der Waals surface area contributed by atoms with Gasteiger partial charge in [-0.05, 0) is 55.7 Å². The summed E-state index contributed by atoms with van der Waals surface area (Å²) in [5.74, 6) is -2.99. The second-order valence-corrected chi connectivity index (χ2v) is 9.28. The summed E-state index contributed by atoms with van der Waals surface area (Å²) in [6.45, 7) is 0.586. The Morgan fingerprint density at radius 1 is 1.16 bits per heavy atom. The minimum absolute atomic E-state index is 0.0345. The highest BCUT2D eigenvalue weighted by molar-refractivity contribution is 6.31. The van der Waals surface area contributed by atoms with E-state index in [0.717, 1.165) is 42.8 Å². The number of fused-ring (bicyclic) bond motifs is 1. The first-order valence-corrected chi connectivity index (χ1v) is 10.6. The first kappa shape index (κ1) is 20.9. The molecule has 166 valence electrons. The maximum Gasteiger partial charge on any atom is 0.286 e. The van der Waals surface area contributed by atoms with E-state index in [1.165, 1.54) is 18.3 Å². The molecule has 6 nitrogen and oxygen atoms in total. The molecule has 0 unspecified atom stereocenters. The number of halogens is 3. The van der Waals surface area contributed by atoms with Gasteiger partial charge in [-0.1, -0.05) is 11.6 Å². The van der Waals surface area contributed by atoms with Crippen LogP contribution in [0.25, 0.3) is 10.9 Å². The summed E-state index contributed by atoms with van der Waals surface area (Å²) in [6, 6.07) is 10.2. The van der Waals surface area contributed by atoms with Gasteiger partial charge in [-0.3, -0.25) is 14.8 Å². The Morgan fingerprint density at radius 2 is 1.94 bits per heavy atom. The molecule has 2 bridgehead atoms. The fourth-order valence-corrected chi connectivity index (χ4v) is 4.94. The summed E-state index contributed by atoms with van der Waals surface area (Å²) in [5, 5.41) is 8.32. The predicted molar refractivity (Wildman–Crippen MR) is 117 cm³/mol. The molecule has 3 saturated carbocycles. The van der Waals surface area contributed by atoms with E-state index in [0.29, 0.717) is 5.02 Å². The van der Waals surface area contributed by atoms with Crippen LogP contribution in [-0.4, -0.2) is 33.6 Å². The Hall–Kier alpha value is -3.00. The van der Waals surface area contributed by atoms with Crippen LogP contribution in [0.5, 0.6) is 5.75 Å². The second-order valence-electron chi connectivity index (χ2n) is 8.84. The average molecular weight is 459 g/mol. The largest absolute Gasteiger partial charge is 0.482 e. The second kappa shape index (κ2) is 7.27. The highest BCUT2D eigenvalue weighted by Gasteiger charge is 2.68. The lowest BCUT2D eigenvalue weighted by molar-refractivity contribution is -0.135. The van der Waals surface area contributed by atoms with Crippen LogP contribution < -0.4 is 15.4 Å². The number of benzene rings is 1. The number of ether oxygens (including phenoxy) is 1. The number of nitrogens with zero attached hydrogens (tertiary/aromatic N) is 2. The van der Waals surface area contributed by atoms with Gasteiger partial charge in [0.1, 0.15) is 11.4 Å². The number of hydrogen-bond acceptors (Lipinski definition) is 5. The van der Waals surface area contributed by atoms with Crippen molar-refractivity contribution in [1.29, 1.82) is 0 Å². The average Bonchev–Trinajstić information content (AvgIpc) is 2.69. The summed E-state index contributed by atoms with van der Waals surface area (Å²) < 4.78 is 31.8. The summed E-state index contributed by atoms with van der Waals surface area (Å²) >= 11 is 6.06. The van der Waals surface area contributed by atoms with Crippen molar-refractivity contribution in [2.24, 2.45) is 0 Å². The molecular formula is C23H21ClF2N4O2. The highest BCUT2D eigenvalue weighted by Crippen LogP contribution is 2.62. The number of carbonyl (C=O) groups is 1. The summed E-state index contributed by atoms with van der Waals surface area (Å²) in [7, 11) is 0. The molecule has 32 heavy (non-hydrogen) atoms. The third-order valence-electron chi connectivity index (χ3n) is 6.10. The van der Waals surface area contributed by atoms with E-state index in [-0.39, 0.29) is 35.0 Å². The fraction of sp³-hybridized carbons (Fsp3) is 0.348. The van der Waals surface area contributed by atoms with Crippen LogP contribution >= 0.6 is 11.6 Å². The number of rotatable bonds is 7. The van der Waals surface area contributed by atoms with Gasteiger partial charge in [0.15, 0.2) is 6.61 Å². The van der Waals surface area contributed by atoms with Crippen molar-refractivity contribution < 1.29 is 18.3 Å². The normalized spacial score (nSPS) is 23.8. The van der Waals surface area contributed by atoms with E-state index in [9.17, 15) is 13.6 Å². The first-order chi connectivity index (χ1) is 15.2. The zero-order chi connectivity index (χ0) is 22.6. The monoisotopic (exact) mass is 458 g/mol. The van der Waals surface area contributed by atoms with Gasteiger partial charge in [0, 0.05) is 40.3 Å². The lowest BCUT2D eigenvalue weighted by atomic mass is 9.44. The lowest BCUT2D eigenvalue weighted by Gasteiger charge is -2.70. The Morgan fingerprint density at radius 3 is 2.62 bits per heavy atom. The van der Waals surface area contributed by atoms with Crippen LogP contribution in [0.2, 0.25) is 5.02 Å². The van der Waals surface area contributed by atoms with E-state index in [4.69, 9.17) is 16.3 Å². The maximum atomic E-state index is 13.2. The molecule has 3 fully saturated rings. The van der Waals surface area contributed by atoms with Crippen molar-refractivity contribution >= 4 is 34.1 Å². The van der Waals surface area contributed by atoms with E-state index >= 15 is 0 Å². The number of amides is 1. The summed E-state index contributed by atoms with van der Waals surface area (Å²) in [6.07, 6.45) is 5.43. The Labute approximate surface area is 188 Å². The quantitative estimate of drug-likeness (QED) is 0.537. The number of anilines is 1. The molecule has 2 N–H and O–H groups in total. The van der Waals surface area contributed by atoms with Gasteiger partial charge < -0.3 is 15.4 Å². The van der Waals surface area contributed by atoms with Crippen molar-refractivity contribution in [3.63, 3.8) is 0 Å². The molecule has 1 aromatic carbocycles. The van der Waals surface area contributed by atoms with Crippen LogP contribution in [0, 0.1) is 0 Å². The summed E-state index contributed by atoms with van der Waals surface area (Å²) in [4.78, 5) is 20.4. The molecular weight excluding hydrogens is 438 g/mol. The number of pyridine rings is 2. The van der Waals surface area contributed by atoms with Crippen molar-refractivity contribution in [3.8, 4) is 5.75 Å². The molecule has 6 rings (SSSR count). The van der Waals surface area contributed by atoms with Crippen molar-refractivity contribution in [1.82, 2.24) is 15.3 Å². The van der Waals surface area contributed by atoms with E-state index in [1.54, 1.807) is 6.20 Å². The number of carbonyl (C=O) groups excluding carboxylic acids is 1. The number of hydrogen-bond donors (Lipinski definition) is 2. The third-order valence-corrected chi connectivity index (χ3v) is 6.33. The SMILES string of the molecule is CC(F)(F)c1ccc(OCC(=O)NC23CC(Nc4ccnc5cc(Cl)ccc45)(C2)C3)cn1. The molecule has 3 aliphatic rings. The molecule has 9 heteroatoms.